The lowest BCUT2D eigenvalue weighted by atomic mass is 10.2. The van der Waals surface area contributed by atoms with Crippen molar-refractivity contribution >= 4 is 34.2 Å². The maximum atomic E-state index is 10.6. The van der Waals surface area contributed by atoms with Crippen LogP contribution in [0.5, 0.6) is 5.88 Å². The molecule has 0 bridgehead atoms. The molecule has 0 unspecified atom stereocenters. The number of carbonyl (C=O) groups is 1. The molecule has 0 aliphatic carbocycles. The summed E-state index contributed by atoms with van der Waals surface area (Å²) in [6.45, 7) is 0.431. The van der Waals surface area contributed by atoms with Crippen LogP contribution < -0.4 is 5.73 Å². The van der Waals surface area contributed by atoms with E-state index in [1.165, 1.54) is 0 Å². The average molecular weight is 267 g/mol. The molecule has 0 saturated carbocycles. The molecule has 0 spiro atoms. The zero-order valence-electron chi connectivity index (χ0n) is 9.38. The Bertz CT molecular complexity index is 621. The summed E-state index contributed by atoms with van der Waals surface area (Å²) in [7, 11) is 0. The molecule has 0 radical (unpaired) electrons. The highest BCUT2D eigenvalue weighted by molar-refractivity contribution is 6.17. The van der Waals surface area contributed by atoms with Crippen LogP contribution >= 0.6 is 11.6 Å². The maximum Gasteiger partial charge on any atom is 0.356 e. The second-order valence-corrected chi connectivity index (χ2v) is 3.95. The number of amides is 2. The number of nitrogens with zero attached hydrogens (tertiary/aromatic N) is 3. The van der Waals surface area contributed by atoms with E-state index in [1.807, 2.05) is 12.1 Å². The monoisotopic (exact) mass is 266 g/mol. The van der Waals surface area contributed by atoms with Gasteiger partial charge in [0.2, 0.25) is 5.88 Å². The van der Waals surface area contributed by atoms with E-state index in [0.717, 1.165) is 5.52 Å². The number of aryl methyl sites for hydroxylation is 1. The van der Waals surface area contributed by atoms with Crippen molar-refractivity contribution in [2.24, 2.45) is 16.0 Å². The number of aromatic nitrogens is 1. The Labute approximate surface area is 108 Å². The van der Waals surface area contributed by atoms with E-state index in [2.05, 4.69) is 10.2 Å². The van der Waals surface area contributed by atoms with E-state index in [9.17, 15) is 9.90 Å². The Morgan fingerprint density at radius 3 is 2.83 bits per heavy atom. The number of aromatic hydroxyl groups is 1. The molecule has 0 atom stereocenters. The largest absolute Gasteiger partial charge is 0.493 e. The first-order chi connectivity index (χ1) is 8.65. The van der Waals surface area contributed by atoms with Crippen LogP contribution in [0.1, 0.15) is 0 Å². The van der Waals surface area contributed by atoms with E-state index >= 15 is 0 Å². The van der Waals surface area contributed by atoms with Crippen LogP contribution in [-0.4, -0.2) is 21.6 Å². The van der Waals surface area contributed by atoms with Crippen LogP contribution in [0.25, 0.3) is 10.9 Å². The molecule has 1 aromatic heterocycles. The molecule has 0 fully saturated rings. The van der Waals surface area contributed by atoms with Crippen molar-refractivity contribution in [3.8, 4) is 5.88 Å². The Balaban J connectivity index is 2.65. The van der Waals surface area contributed by atoms with Gasteiger partial charge in [-0.2, -0.15) is 0 Å². The SMILES string of the molecule is NC(=O)N=Nc1c(O)n(CCCl)c2ccccc12. The Hall–Kier alpha value is -2.08. The van der Waals surface area contributed by atoms with Crippen LogP contribution in [0, 0.1) is 0 Å². The minimum absolute atomic E-state index is 0.0816. The van der Waals surface area contributed by atoms with Crippen LogP contribution in [-0.2, 0) is 6.54 Å². The van der Waals surface area contributed by atoms with Crippen molar-refractivity contribution in [1.29, 1.82) is 0 Å². The van der Waals surface area contributed by atoms with Gasteiger partial charge in [0, 0.05) is 17.8 Å². The molecule has 0 aliphatic heterocycles. The Morgan fingerprint density at radius 1 is 1.44 bits per heavy atom. The summed E-state index contributed by atoms with van der Waals surface area (Å²) in [5, 5.41) is 17.7. The molecule has 2 aromatic rings. The highest BCUT2D eigenvalue weighted by atomic mass is 35.5. The van der Waals surface area contributed by atoms with Gasteiger partial charge in [-0.15, -0.1) is 16.7 Å². The molecular formula is C11H11ClN4O2. The first kappa shape index (κ1) is 12.4. The minimum atomic E-state index is -0.913. The summed E-state index contributed by atoms with van der Waals surface area (Å²) < 4.78 is 1.61. The van der Waals surface area contributed by atoms with Crippen molar-refractivity contribution < 1.29 is 9.90 Å². The predicted molar refractivity (Wildman–Crippen MR) is 68.4 cm³/mol. The van der Waals surface area contributed by atoms with Crippen LogP contribution in [0.4, 0.5) is 10.5 Å². The molecule has 1 aromatic carbocycles. The number of halogens is 1. The van der Waals surface area contributed by atoms with Gasteiger partial charge in [0.15, 0.2) is 5.69 Å². The molecule has 94 valence electrons. The van der Waals surface area contributed by atoms with Crippen molar-refractivity contribution in [3.05, 3.63) is 24.3 Å². The third-order valence-corrected chi connectivity index (χ3v) is 2.64. The zero-order chi connectivity index (χ0) is 13.1. The predicted octanol–water partition coefficient (Wildman–Crippen LogP) is 2.75. The quantitative estimate of drug-likeness (QED) is 0.660. The third-order valence-electron chi connectivity index (χ3n) is 2.47. The smallest absolute Gasteiger partial charge is 0.356 e. The van der Waals surface area contributed by atoms with Gasteiger partial charge in [-0.1, -0.05) is 23.3 Å². The molecule has 2 amide bonds. The highest BCUT2D eigenvalue weighted by Gasteiger charge is 2.15. The average Bonchev–Trinajstić information content (AvgIpc) is 2.61. The fourth-order valence-corrected chi connectivity index (χ4v) is 1.95. The van der Waals surface area contributed by atoms with Gasteiger partial charge in [-0.3, -0.25) is 0 Å². The standard InChI is InChI=1S/C11H11ClN4O2/c12-5-6-16-8-4-2-1-3-7(8)9(10(16)17)14-15-11(13)18/h1-4,17H,5-6H2,(H2,13,18). The Kier molecular flexibility index (Phi) is 3.47. The van der Waals surface area contributed by atoms with Gasteiger partial charge in [0.25, 0.3) is 0 Å². The van der Waals surface area contributed by atoms with E-state index in [1.54, 1.807) is 16.7 Å². The highest BCUT2D eigenvalue weighted by Crippen LogP contribution is 2.38. The number of rotatable bonds is 3. The van der Waals surface area contributed by atoms with Gasteiger partial charge in [-0.05, 0) is 6.07 Å². The number of hydrogen-bond acceptors (Lipinski definition) is 3. The number of alkyl halides is 1. The second-order valence-electron chi connectivity index (χ2n) is 3.57. The third kappa shape index (κ3) is 2.14. The van der Waals surface area contributed by atoms with Crippen molar-refractivity contribution in [2.75, 3.05) is 5.88 Å². The number of urea groups is 1. The number of azo groups is 1. The topological polar surface area (TPSA) is 93.0 Å². The zero-order valence-corrected chi connectivity index (χ0v) is 10.1. The van der Waals surface area contributed by atoms with Gasteiger partial charge in [-0.25, -0.2) is 4.79 Å². The summed E-state index contributed by atoms with van der Waals surface area (Å²) in [6.07, 6.45) is 0. The normalized spacial score (nSPS) is 11.4. The summed E-state index contributed by atoms with van der Waals surface area (Å²) in [5.74, 6) is 0.264. The van der Waals surface area contributed by atoms with Gasteiger partial charge in [0.1, 0.15) is 0 Å². The lowest BCUT2D eigenvalue weighted by Crippen LogP contribution is -2.01. The summed E-state index contributed by atoms with van der Waals surface area (Å²) in [4.78, 5) is 10.6. The minimum Gasteiger partial charge on any atom is -0.493 e. The fourth-order valence-electron chi connectivity index (χ4n) is 1.78. The first-order valence-electron chi connectivity index (χ1n) is 5.22. The van der Waals surface area contributed by atoms with Crippen LogP contribution in [0.3, 0.4) is 0 Å². The van der Waals surface area contributed by atoms with Gasteiger partial charge < -0.3 is 15.4 Å². The number of benzene rings is 1. The maximum absolute atomic E-state index is 10.6. The molecule has 6 nitrogen and oxygen atoms in total. The molecule has 0 aliphatic rings. The van der Waals surface area contributed by atoms with Gasteiger partial charge >= 0.3 is 6.03 Å². The molecule has 0 saturated heterocycles. The number of para-hydroxylation sites is 1. The molecule has 2 rings (SSSR count). The lowest BCUT2D eigenvalue weighted by molar-refractivity contribution is 0.255. The number of carbonyl (C=O) groups excluding carboxylic acids is 1. The van der Waals surface area contributed by atoms with Crippen LogP contribution in [0.2, 0.25) is 0 Å². The van der Waals surface area contributed by atoms with Crippen molar-refractivity contribution in [3.63, 3.8) is 0 Å². The molecule has 7 heteroatoms. The first-order valence-corrected chi connectivity index (χ1v) is 5.76. The number of primary amides is 1. The molecular weight excluding hydrogens is 256 g/mol. The van der Waals surface area contributed by atoms with Gasteiger partial charge in [0.05, 0.1) is 5.52 Å². The lowest BCUT2D eigenvalue weighted by Gasteiger charge is -2.02. The summed E-state index contributed by atoms with van der Waals surface area (Å²) in [6, 6.07) is 6.32. The van der Waals surface area contributed by atoms with E-state index < -0.39 is 6.03 Å². The van der Waals surface area contributed by atoms with E-state index in [4.69, 9.17) is 17.3 Å². The van der Waals surface area contributed by atoms with E-state index in [0.29, 0.717) is 17.8 Å². The number of nitrogens with two attached hydrogens (primary N) is 1. The summed E-state index contributed by atoms with van der Waals surface area (Å²) in [5.41, 5.74) is 5.88. The van der Waals surface area contributed by atoms with Crippen molar-refractivity contribution in [1.82, 2.24) is 4.57 Å². The molecule has 18 heavy (non-hydrogen) atoms. The summed E-state index contributed by atoms with van der Waals surface area (Å²) >= 11 is 5.69. The van der Waals surface area contributed by atoms with Crippen LogP contribution in [0.15, 0.2) is 34.5 Å². The molecule has 1 heterocycles. The fraction of sp³-hybridized carbons (Fsp3) is 0.182. The van der Waals surface area contributed by atoms with E-state index in [-0.39, 0.29) is 11.6 Å². The number of hydrogen-bond donors (Lipinski definition) is 2. The molecule has 3 N–H and O–H groups in total. The van der Waals surface area contributed by atoms with Crippen molar-refractivity contribution in [2.45, 2.75) is 6.54 Å². The Morgan fingerprint density at radius 2 is 2.17 bits per heavy atom. The number of fused-ring (bicyclic) bond motifs is 1. The second kappa shape index (κ2) is 5.05.